The molecule has 1 aromatic heterocycles. The first kappa shape index (κ1) is 14.1. The molecule has 0 saturated carbocycles. The van der Waals surface area contributed by atoms with Crippen LogP contribution in [0.3, 0.4) is 0 Å². The van der Waals surface area contributed by atoms with Gasteiger partial charge in [0.1, 0.15) is 0 Å². The van der Waals surface area contributed by atoms with Gasteiger partial charge in [-0.3, -0.25) is 4.98 Å². The van der Waals surface area contributed by atoms with Gasteiger partial charge in [-0.25, -0.2) is 0 Å². The topological polar surface area (TPSA) is 12.9 Å². The summed E-state index contributed by atoms with van der Waals surface area (Å²) in [5.41, 5.74) is 5.47. The average Bonchev–Trinajstić information content (AvgIpc) is 2.50. The van der Waals surface area contributed by atoms with Crippen LogP contribution in [0.4, 0.5) is 0 Å². The molecule has 3 rings (SSSR count). The first-order valence-electron chi connectivity index (χ1n) is 6.62. The number of pyridine rings is 1. The lowest BCUT2D eigenvalue weighted by atomic mass is 9.97. The molecule has 0 saturated heterocycles. The number of benzene rings is 2. The van der Waals surface area contributed by atoms with E-state index in [0.29, 0.717) is 0 Å². The number of aromatic nitrogens is 1. The molecule has 0 aliphatic carbocycles. The fraction of sp³-hybridized carbons (Fsp3) is 0.0556. The lowest BCUT2D eigenvalue weighted by molar-refractivity contribution is 1.27. The lowest BCUT2D eigenvalue weighted by Gasteiger charge is -2.11. The van der Waals surface area contributed by atoms with Crippen molar-refractivity contribution in [1.29, 1.82) is 0 Å². The molecule has 1 nitrogen and oxygen atoms in total. The minimum atomic E-state index is 0.727. The predicted octanol–water partition coefficient (Wildman–Crippen LogP) is 6.03. The van der Waals surface area contributed by atoms with Crippen molar-refractivity contribution in [3.63, 3.8) is 0 Å². The largest absolute Gasteiger partial charge is 0.256 e. The molecule has 0 atom stereocenters. The van der Waals surface area contributed by atoms with E-state index >= 15 is 0 Å². The molecular weight excluding hydrogens is 301 g/mol. The Morgan fingerprint density at radius 1 is 0.714 bits per heavy atom. The van der Waals surface area contributed by atoms with Crippen LogP contribution in [0.1, 0.15) is 5.56 Å². The van der Waals surface area contributed by atoms with Gasteiger partial charge in [-0.2, -0.15) is 0 Å². The Morgan fingerprint density at radius 2 is 1.24 bits per heavy atom. The Balaban J connectivity index is 2.10. The molecule has 0 bridgehead atoms. The van der Waals surface area contributed by atoms with Crippen molar-refractivity contribution in [2.45, 2.75) is 6.92 Å². The molecule has 1 heterocycles. The zero-order chi connectivity index (χ0) is 14.8. The van der Waals surface area contributed by atoms with Gasteiger partial charge in [0.25, 0.3) is 0 Å². The summed E-state index contributed by atoms with van der Waals surface area (Å²) in [7, 11) is 0. The summed E-state index contributed by atoms with van der Waals surface area (Å²) in [6.07, 6.45) is 1.83. The third-order valence-electron chi connectivity index (χ3n) is 3.48. The van der Waals surface area contributed by atoms with E-state index in [1.54, 1.807) is 0 Å². The molecule has 0 unspecified atom stereocenters. The molecule has 0 amide bonds. The van der Waals surface area contributed by atoms with Crippen molar-refractivity contribution in [3.05, 3.63) is 76.4 Å². The number of nitrogens with zero attached hydrogens (tertiary/aromatic N) is 1. The Kier molecular flexibility index (Phi) is 3.96. The average molecular weight is 314 g/mol. The van der Waals surface area contributed by atoms with Crippen LogP contribution >= 0.6 is 23.2 Å². The Hall–Kier alpha value is -1.83. The summed E-state index contributed by atoms with van der Waals surface area (Å²) in [5.74, 6) is 0. The summed E-state index contributed by atoms with van der Waals surface area (Å²) in [4.78, 5) is 4.51. The van der Waals surface area contributed by atoms with E-state index in [1.807, 2.05) is 60.8 Å². The zero-order valence-electron chi connectivity index (χ0n) is 11.5. The van der Waals surface area contributed by atoms with Gasteiger partial charge in [-0.1, -0.05) is 47.5 Å². The molecule has 21 heavy (non-hydrogen) atoms. The van der Waals surface area contributed by atoms with Gasteiger partial charge in [0.2, 0.25) is 0 Å². The van der Waals surface area contributed by atoms with Gasteiger partial charge in [0.05, 0.1) is 5.69 Å². The van der Waals surface area contributed by atoms with Crippen molar-refractivity contribution in [2.75, 3.05) is 0 Å². The zero-order valence-corrected chi connectivity index (χ0v) is 13.0. The highest BCUT2D eigenvalue weighted by atomic mass is 35.5. The number of hydrogen-bond donors (Lipinski definition) is 0. The van der Waals surface area contributed by atoms with Crippen molar-refractivity contribution in [1.82, 2.24) is 4.98 Å². The monoisotopic (exact) mass is 313 g/mol. The van der Waals surface area contributed by atoms with E-state index in [-0.39, 0.29) is 0 Å². The normalized spacial score (nSPS) is 10.6. The highest BCUT2D eigenvalue weighted by Crippen LogP contribution is 2.31. The van der Waals surface area contributed by atoms with Gasteiger partial charge in [-0.15, -0.1) is 0 Å². The quantitative estimate of drug-likeness (QED) is 0.562. The molecule has 0 fully saturated rings. The summed E-state index contributed by atoms with van der Waals surface area (Å²) in [6.45, 7) is 2.08. The van der Waals surface area contributed by atoms with E-state index in [4.69, 9.17) is 23.2 Å². The van der Waals surface area contributed by atoms with Crippen molar-refractivity contribution in [2.24, 2.45) is 0 Å². The fourth-order valence-electron chi connectivity index (χ4n) is 2.38. The van der Waals surface area contributed by atoms with Crippen LogP contribution in [0, 0.1) is 6.92 Å². The molecule has 0 aliphatic heterocycles. The number of hydrogen-bond acceptors (Lipinski definition) is 1. The van der Waals surface area contributed by atoms with E-state index < -0.39 is 0 Å². The molecule has 3 heteroatoms. The smallest absolute Gasteiger partial charge is 0.0737 e. The highest BCUT2D eigenvalue weighted by Gasteiger charge is 2.09. The molecule has 0 spiro atoms. The van der Waals surface area contributed by atoms with E-state index in [0.717, 1.165) is 38.0 Å². The third-order valence-corrected chi connectivity index (χ3v) is 3.98. The number of halogens is 2. The first-order valence-corrected chi connectivity index (χ1v) is 7.38. The summed E-state index contributed by atoms with van der Waals surface area (Å²) >= 11 is 11.9. The molecule has 3 aromatic rings. The molecule has 0 radical (unpaired) electrons. The van der Waals surface area contributed by atoms with Gasteiger partial charge in [-0.05, 0) is 53.9 Å². The van der Waals surface area contributed by atoms with Gasteiger partial charge < -0.3 is 0 Å². The van der Waals surface area contributed by atoms with E-state index in [2.05, 4.69) is 11.9 Å². The standard InChI is InChI=1S/C18H13Cl2N/c1-12-17(13-2-6-15(19)7-3-13)10-11-21-18(12)14-4-8-16(20)9-5-14/h2-11H,1H3. The van der Waals surface area contributed by atoms with Crippen LogP contribution in [-0.2, 0) is 0 Å². The SMILES string of the molecule is Cc1c(-c2ccc(Cl)cc2)ccnc1-c1ccc(Cl)cc1. The maximum Gasteiger partial charge on any atom is 0.0737 e. The van der Waals surface area contributed by atoms with Crippen LogP contribution in [-0.4, -0.2) is 4.98 Å². The van der Waals surface area contributed by atoms with Crippen molar-refractivity contribution >= 4 is 23.2 Å². The van der Waals surface area contributed by atoms with Crippen LogP contribution in [0.2, 0.25) is 10.0 Å². The van der Waals surface area contributed by atoms with Gasteiger partial charge in [0.15, 0.2) is 0 Å². The Labute approximate surface area is 134 Å². The van der Waals surface area contributed by atoms with Crippen LogP contribution < -0.4 is 0 Å². The second-order valence-electron chi connectivity index (χ2n) is 4.85. The van der Waals surface area contributed by atoms with Crippen LogP contribution in [0.25, 0.3) is 22.4 Å². The fourth-order valence-corrected chi connectivity index (χ4v) is 2.63. The third kappa shape index (κ3) is 2.94. The number of rotatable bonds is 2. The highest BCUT2D eigenvalue weighted by molar-refractivity contribution is 6.30. The summed E-state index contributed by atoms with van der Waals surface area (Å²) < 4.78 is 0. The Bertz CT molecular complexity index is 698. The summed E-state index contributed by atoms with van der Waals surface area (Å²) in [6, 6.07) is 17.6. The molecule has 2 aromatic carbocycles. The van der Waals surface area contributed by atoms with Crippen LogP contribution in [0.5, 0.6) is 0 Å². The van der Waals surface area contributed by atoms with Crippen molar-refractivity contribution in [3.8, 4) is 22.4 Å². The molecule has 104 valence electrons. The first-order chi connectivity index (χ1) is 10.1. The van der Waals surface area contributed by atoms with Crippen molar-refractivity contribution < 1.29 is 0 Å². The molecule has 0 N–H and O–H groups in total. The maximum absolute atomic E-state index is 5.96. The Morgan fingerprint density at radius 3 is 1.81 bits per heavy atom. The minimum Gasteiger partial charge on any atom is -0.256 e. The molecular formula is C18H13Cl2N. The maximum atomic E-state index is 5.96. The molecule has 0 aliphatic rings. The minimum absolute atomic E-state index is 0.727. The van der Waals surface area contributed by atoms with E-state index in [1.165, 1.54) is 0 Å². The van der Waals surface area contributed by atoms with Gasteiger partial charge in [0, 0.05) is 21.8 Å². The van der Waals surface area contributed by atoms with Crippen LogP contribution in [0.15, 0.2) is 60.8 Å². The lowest BCUT2D eigenvalue weighted by Crippen LogP contribution is -1.91. The second kappa shape index (κ2) is 5.88. The van der Waals surface area contributed by atoms with E-state index in [9.17, 15) is 0 Å². The summed E-state index contributed by atoms with van der Waals surface area (Å²) in [5, 5.41) is 1.47. The van der Waals surface area contributed by atoms with Gasteiger partial charge >= 0.3 is 0 Å². The predicted molar refractivity (Wildman–Crippen MR) is 89.9 cm³/mol. The second-order valence-corrected chi connectivity index (χ2v) is 5.72.